The number of aliphatic hydroxyl groups is 1. The molecule has 4 nitrogen and oxygen atoms in total. The van der Waals surface area contributed by atoms with Crippen LogP contribution in [-0.4, -0.2) is 36.2 Å². The molecule has 1 aliphatic carbocycles. The number of nitrogens with one attached hydrogen (secondary N) is 2. The standard InChI is InChI=1S/C13H24N2O2/c1-2-3-13(4-6-14-7-5-13)12(17)15-10-8-11(16)9-10/h10-11,14,16H,2-9H2,1H3,(H,15,17). The zero-order chi connectivity index (χ0) is 12.3. The molecule has 0 aromatic rings. The summed E-state index contributed by atoms with van der Waals surface area (Å²) in [5.74, 6) is 0.220. The molecule has 4 heteroatoms. The van der Waals surface area contributed by atoms with E-state index in [9.17, 15) is 9.90 Å². The Labute approximate surface area is 103 Å². The van der Waals surface area contributed by atoms with E-state index in [2.05, 4.69) is 17.6 Å². The van der Waals surface area contributed by atoms with Crippen molar-refractivity contribution in [1.29, 1.82) is 0 Å². The quantitative estimate of drug-likeness (QED) is 0.681. The number of carbonyl (C=O) groups is 1. The Balaban J connectivity index is 1.92. The van der Waals surface area contributed by atoms with Crippen LogP contribution in [0, 0.1) is 5.41 Å². The topological polar surface area (TPSA) is 61.4 Å². The molecule has 3 N–H and O–H groups in total. The van der Waals surface area contributed by atoms with Crippen LogP contribution >= 0.6 is 0 Å². The molecule has 0 spiro atoms. The van der Waals surface area contributed by atoms with E-state index in [1.165, 1.54) is 0 Å². The van der Waals surface area contributed by atoms with Crippen LogP contribution in [0.2, 0.25) is 0 Å². The number of hydrogen-bond acceptors (Lipinski definition) is 3. The summed E-state index contributed by atoms with van der Waals surface area (Å²) in [5, 5.41) is 15.7. The highest BCUT2D eigenvalue weighted by Gasteiger charge is 2.40. The van der Waals surface area contributed by atoms with Crippen molar-refractivity contribution < 1.29 is 9.90 Å². The Kier molecular flexibility index (Phi) is 4.05. The van der Waals surface area contributed by atoms with Crippen LogP contribution in [0.4, 0.5) is 0 Å². The Morgan fingerprint density at radius 2 is 2.06 bits per heavy atom. The lowest BCUT2D eigenvalue weighted by molar-refractivity contribution is -0.135. The van der Waals surface area contributed by atoms with Gasteiger partial charge in [-0.1, -0.05) is 13.3 Å². The third-order valence-corrected chi connectivity index (χ3v) is 4.22. The smallest absolute Gasteiger partial charge is 0.226 e. The fraction of sp³-hybridized carbons (Fsp3) is 0.923. The molecular formula is C13H24N2O2. The molecule has 0 radical (unpaired) electrons. The number of carbonyl (C=O) groups excluding carboxylic acids is 1. The second kappa shape index (κ2) is 5.36. The van der Waals surface area contributed by atoms with Gasteiger partial charge in [-0.15, -0.1) is 0 Å². The Morgan fingerprint density at radius 3 is 2.59 bits per heavy atom. The number of amides is 1. The van der Waals surface area contributed by atoms with Crippen molar-refractivity contribution in [2.24, 2.45) is 5.41 Å². The molecule has 98 valence electrons. The minimum atomic E-state index is -0.199. The van der Waals surface area contributed by atoms with Crippen LogP contribution in [0.25, 0.3) is 0 Å². The first-order valence-corrected chi connectivity index (χ1v) is 6.86. The zero-order valence-corrected chi connectivity index (χ0v) is 10.7. The third kappa shape index (κ3) is 2.80. The molecule has 0 aromatic heterocycles. The van der Waals surface area contributed by atoms with E-state index < -0.39 is 0 Å². The molecule has 0 unspecified atom stereocenters. The second-order valence-electron chi connectivity index (χ2n) is 5.58. The Hall–Kier alpha value is -0.610. The third-order valence-electron chi connectivity index (χ3n) is 4.22. The average Bonchev–Trinajstić information content (AvgIpc) is 2.28. The summed E-state index contributed by atoms with van der Waals surface area (Å²) in [4.78, 5) is 12.4. The molecule has 1 aliphatic heterocycles. The van der Waals surface area contributed by atoms with E-state index in [1.54, 1.807) is 0 Å². The molecule has 2 fully saturated rings. The second-order valence-corrected chi connectivity index (χ2v) is 5.58. The molecule has 2 rings (SSSR count). The van der Waals surface area contributed by atoms with E-state index >= 15 is 0 Å². The number of aliphatic hydroxyl groups excluding tert-OH is 1. The van der Waals surface area contributed by atoms with Crippen molar-refractivity contribution in [3.05, 3.63) is 0 Å². The summed E-state index contributed by atoms with van der Waals surface area (Å²) in [6.45, 7) is 4.03. The summed E-state index contributed by atoms with van der Waals surface area (Å²) < 4.78 is 0. The van der Waals surface area contributed by atoms with E-state index in [0.29, 0.717) is 0 Å². The molecular weight excluding hydrogens is 216 g/mol. The Bertz CT molecular complexity index is 263. The van der Waals surface area contributed by atoms with Crippen molar-refractivity contribution in [3.63, 3.8) is 0 Å². The number of piperidine rings is 1. The van der Waals surface area contributed by atoms with Gasteiger partial charge in [0, 0.05) is 6.04 Å². The van der Waals surface area contributed by atoms with Crippen molar-refractivity contribution in [3.8, 4) is 0 Å². The maximum absolute atomic E-state index is 12.4. The molecule has 0 bridgehead atoms. The van der Waals surface area contributed by atoms with Crippen molar-refractivity contribution in [1.82, 2.24) is 10.6 Å². The molecule has 0 aromatic carbocycles. The van der Waals surface area contributed by atoms with Crippen molar-refractivity contribution in [2.45, 2.75) is 57.6 Å². The van der Waals surface area contributed by atoms with Gasteiger partial charge in [-0.05, 0) is 45.2 Å². The van der Waals surface area contributed by atoms with Gasteiger partial charge < -0.3 is 15.7 Å². The first-order chi connectivity index (χ1) is 8.16. The predicted molar refractivity (Wildman–Crippen MR) is 66.6 cm³/mol. The summed E-state index contributed by atoms with van der Waals surface area (Å²) in [5.41, 5.74) is -0.152. The van der Waals surface area contributed by atoms with Gasteiger partial charge in [0.1, 0.15) is 0 Å². The minimum absolute atomic E-state index is 0.152. The number of hydrogen-bond donors (Lipinski definition) is 3. The van der Waals surface area contributed by atoms with Crippen LogP contribution in [-0.2, 0) is 4.79 Å². The van der Waals surface area contributed by atoms with E-state index in [1.807, 2.05) is 0 Å². The van der Waals surface area contributed by atoms with Crippen LogP contribution < -0.4 is 10.6 Å². The van der Waals surface area contributed by atoms with Gasteiger partial charge in [-0.3, -0.25) is 4.79 Å². The SMILES string of the molecule is CCCC1(C(=O)NC2CC(O)C2)CCNCC1. The molecule has 0 atom stereocenters. The van der Waals surface area contributed by atoms with Gasteiger partial charge in [0.25, 0.3) is 0 Å². The summed E-state index contributed by atoms with van der Waals surface area (Å²) in [7, 11) is 0. The maximum Gasteiger partial charge on any atom is 0.226 e. The lowest BCUT2D eigenvalue weighted by Crippen LogP contribution is -2.54. The lowest BCUT2D eigenvalue weighted by Gasteiger charge is -2.40. The highest BCUT2D eigenvalue weighted by molar-refractivity contribution is 5.83. The lowest BCUT2D eigenvalue weighted by atomic mass is 9.74. The van der Waals surface area contributed by atoms with E-state index in [-0.39, 0.29) is 23.5 Å². The van der Waals surface area contributed by atoms with Crippen LogP contribution in [0.5, 0.6) is 0 Å². The van der Waals surface area contributed by atoms with Gasteiger partial charge >= 0.3 is 0 Å². The summed E-state index contributed by atoms with van der Waals surface area (Å²) in [6, 6.07) is 0.209. The van der Waals surface area contributed by atoms with E-state index in [4.69, 9.17) is 0 Å². The average molecular weight is 240 g/mol. The zero-order valence-electron chi connectivity index (χ0n) is 10.7. The van der Waals surface area contributed by atoms with E-state index in [0.717, 1.165) is 51.6 Å². The van der Waals surface area contributed by atoms with Gasteiger partial charge in [0.2, 0.25) is 5.91 Å². The normalized spacial score (nSPS) is 31.6. The van der Waals surface area contributed by atoms with Gasteiger partial charge in [-0.25, -0.2) is 0 Å². The number of rotatable bonds is 4. The summed E-state index contributed by atoms with van der Waals surface area (Å²) in [6.07, 6.45) is 5.19. The highest BCUT2D eigenvalue weighted by Crippen LogP contribution is 2.35. The Morgan fingerprint density at radius 1 is 1.41 bits per heavy atom. The maximum atomic E-state index is 12.4. The van der Waals surface area contributed by atoms with Crippen LogP contribution in [0.3, 0.4) is 0 Å². The van der Waals surface area contributed by atoms with Crippen LogP contribution in [0.15, 0.2) is 0 Å². The molecule has 2 aliphatic rings. The fourth-order valence-electron chi connectivity index (χ4n) is 3.02. The van der Waals surface area contributed by atoms with Crippen molar-refractivity contribution >= 4 is 5.91 Å². The first-order valence-electron chi connectivity index (χ1n) is 6.86. The largest absolute Gasteiger partial charge is 0.393 e. The van der Waals surface area contributed by atoms with Crippen molar-refractivity contribution in [2.75, 3.05) is 13.1 Å². The fourth-order valence-corrected chi connectivity index (χ4v) is 3.02. The van der Waals surface area contributed by atoms with Gasteiger partial charge in [0.05, 0.1) is 11.5 Å². The highest BCUT2D eigenvalue weighted by atomic mass is 16.3. The monoisotopic (exact) mass is 240 g/mol. The van der Waals surface area contributed by atoms with Gasteiger partial charge in [-0.2, -0.15) is 0 Å². The minimum Gasteiger partial charge on any atom is -0.393 e. The molecule has 1 saturated carbocycles. The predicted octanol–water partition coefficient (Wildman–Crippen LogP) is 0.796. The molecule has 1 amide bonds. The molecule has 1 saturated heterocycles. The molecule has 1 heterocycles. The van der Waals surface area contributed by atoms with Gasteiger partial charge in [0.15, 0.2) is 0 Å². The van der Waals surface area contributed by atoms with Crippen LogP contribution in [0.1, 0.15) is 45.4 Å². The first kappa shape index (κ1) is 12.8. The molecule has 17 heavy (non-hydrogen) atoms. The summed E-state index contributed by atoms with van der Waals surface area (Å²) >= 11 is 0.